The van der Waals surface area contributed by atoms with E-state index in [0.29, 0.717) is 30.0 Å². The second-order valence-electron chi connectivity index (χ2n) is 7.43. The molecule has 0 aromatic rings. The van der Waals surface area contributed by atoms with Crippen LogP contribution in [0.3, 0.4) is 0 Å². The van der Waals surface area contributed by atoms with Crippen LogP contribution < -0.4 is 0 Å². The van der Waals surface area contributed by atoms with Gasteiger partial charge in [0.1, 0.15) is 0 Å². The Morgan fingerprint density at radius 1 is 1.29 bits per heavy atom. The van der Waals surface area contributed by atoms with Crippen molar-refractivity contribution in [2.24, 2.45) is 29.1 Å². The molecule has 3 heteroatoms. The van der Waals surface area contributed by atoms with Gasteiger partial charge in [0.25, 0.3) is 0 Å². The van der Waals surface area contributed by atoms with Crippen molar-refractivity contribution in [2.75, 3.05) is 7.11 Å². The molecule has 0 radical (unpaired) electrons. The van der Waals surface area contributed by atoms with Crippen molar-refractivity contribution in [1.29, 1.82) is 0 Å². The Morgan fingerprint density at radius 2 is 2.05 bits per heavy atom. The van der Waals surface area contributed by atoms with E-state index >= 15 is 0 Å². The van der Waals surface area contributed by atoms with Gasteiger partial charge >= 0.3 is 5.97 Å². The summed E-state index contributed by atoms with van der Waals surface area (Å²) in [7, 11) is 1.50. The second kappa shape index (κ2) is 5.26. The van der Waals surface area contributed by atoms with E-state index in [-0.39, 0.29) is 17.3 Å². The zero-order valence-corrected chi connectivity index (χ0v) is 13.4. The van der Waals surface area contributed by atoms with E-state index in [4.69, 9.17) is 4.74 Å². The highest BCUT2D eigenvalue weighted by Crippen LogP contribution is 2.59. The van der Waals surface area contributed by atoms with Crippen molar-refractivity contribution in [2.45, 2.75) is 52.4 Å². The molecule has 3 rings (SSSR count). The molecule has 0 saturated heterocycles. The zero-order chi connectivity index (χ0) is 15.2. The standard InChI is InChI=1S/C18H26O3/c1-11-14-5-4-12-10-13(19)8-9-18(12,2)16(14)7-6-15(11)17(20)21-3/h10-11,14-16H,4-9H2,1-3H3/t11?,14-,15-,16-,18-/m0/s1. The van der Waals surface area contributed by atoms with Gasteiger partial charge in [-0.15, -0.1) is 0 Å². The second-order valence-corrected chi connectivity index (χ2v) is 7.43. The van der Waals surface area contributed by atoms with Crippen LogP contribution in [0.4, 0.5) is 0 Å². The SMILES string of the molecule is COC(=O)[C@H]1CC[C@H]2[C@@H](CCC3=CC(=O)CC[C@@]32C)C1C. The molecule has 0 aromatic heterocycles. The number of esters is 1. The van der Waals surface area contributed by atoms with Gasteiger partial charge in [0.15, 0.2) is 5.78 Å². The van der Waals surface area contributed by atoms with E-state index in [2.05, 4.69) is 13.8 Å². The molecule has 0 aliphatic heterocycles. The smallest absolute Gasteiger partial charge is 0.308 e. The molecular weight excluding hydrogens is 264 g/mol. The number of hydrogen-bond acceptors (Lipinski definition) is 3. The molecule has 3 aliphatic rings. The lowest BCUT2D eigenvalue weighted by Crippen LogP contribution is -2.48. The lowest BCUT2D eigenvalue weighted by atomic mass is 9.50. The first-order chi connectivity index (χ1) is 9.97. The molecule has 0 aromatic carbocycles. The molecule has 0 spiro atoms. The Morgan fingerprint density at radius 3 is 2.76 bits per heavy atom. The van der Waals surface area contributed by atoms with Gasteiger partial charge in [0.05, 0.1) is 13.0 Å². The molecule has 5 atom stereocenters. The lowest BCUT2D eigenvalue weighted by Gasteiger charge is -2.54. The van der Waals surface area contributed by atoms with E-state index in [1.807, 2.05) is 6.08 Å². The van der Waals surface area contributed by atoms with Crippen LogP contribution in [0.5, 0.6) is 0 Å². The first-order valence-electron chi connectivity index (χ1n) is 8.29. The Balaban J connectivity index is 1.87. The fourth-order valence-electron chi connectivity index (χ4n) is 5.32. The highest BCUT2D eigenvalue weighted by molar-refractivity contribution is 5.91. The Kier molecular flexibility index (Phi) is 3.71. The Bertz CT molecular complexity index is 493. The molecule has 2 saturated carbocycles. The third-order valence-corrected chi connectivity index (χ3v) is 6.64. The molecule has 0 amide bonds. The summed E-state index contributed by atoms with van der Waals surface area (Å²) in [6.45, 7) is 4.58. The monoisotopic (exact) mass is 290 g/mol. The molecule has 2 fully saturated rings. The van der Waals surface area contributed by atoms with E-state index in [1.165, 1.54) is 12.7 Å². The van der Waals surface area contributed by atoms with Crippen LogP contribution in [0.2, 0.25) is 0 Å². The summed E-state index contributed by atoms with van der Waals surface area (Å²) in [4.78, 5) is 23.7. The minimum atomic E-state index is -0.0359. The summed E-state index contributed by atoms with van der Waals surface area (Å²) in [5.41, 5.74) is 1.57. The van der Waals surface area contributed by atoms with Crippen molar-refractivity contribution in [3.63, 3.8) is 0 Å². The van der Waals surface area contributed by atoms with E-state index in [1.54, 1.807) is 0 Å². The Labute approximate surface area is 127 Å². The predicted molar refractivity (Wildman–Crippen MR) is 80.5 cm³/mol. The predicted octanol–water partition coefficient (Wildman–Crippen LogP) is 3.53. The van der Waals surface area contributed by atoms with Crippen molar-refractivity contribution in [3.8, 4) is 0 Å². The first kappa shape index (κ1) is 14.8. The maximum absolute atomic E-state index is 12.0. The quantitative estimate of drug-likeness (QED) is 0.694. The van der Waals surface area contributed by atoms with Crippen LogP contribution in [0.25, 0.3) is 0 Å². The van der Waals surface area contributed by atoms with Gasteiger partial charge in [-0.2, -0.15) is 0 Å². The highest BCUT2D eigenvalue weighted by atomic mass is 16.5. The first-order valence-corrected chi connectivity index (χ1v) is 8.29. The van der Waals surface area contributed by atoms with Crippen LogP contribution in [-0.4, -0.2) is 18.9 Å². The Hall–Kier alpha value is -1.12. The van der Waals surface area contributed by atoms with Crippen molar-refractivity contribution >= 4 is 11.8 Å². The number of fused-ring (bicyclic) bond motifs is 3. The minimum Gasteiger partial charge on any atom is -0.469 e. The number of rotatable bonds is 1. The minimum absolute atomic E-state index is 0.0359. The lowest BCUT2D eigenvalue weighted by molar-refractivity contribution is -0.152. The maximum Gasteiger partial charge on any atom is 0.308 e. The summed E-state index contributed by atoms with van der Waals surface area (Å²) < 4.78 is 4.99. The zero-order valence-electron chi connectivity index (χ0n) is 13.4. The number of allylic oxidation sites excluding steroid dienone is 2. The number of methoxy groups -OCH3 is 1. The van der Waals surface area contributed by atoms with Gasteiger partial charge in [-0.1, -0.05) is 19.4 Å². The molecule has 0 heterocycles. The average molecular weight is 290 g/mol. The van der Waals surface area contributed by atoms with Crippen LogP contribution >= 0.6 is 0 Å². The largest absolute Gasteiger partial charge is 0.469 e. The normalized spacial score (nSPS) is 42.6. The topological polar surface area (TPSA) is 43.4 Å². The molecule has 21 heavy (non-hydrogen) atoms. The summed E-state index contributed by atoms with van der Waals surface area (Å²) in [6.07, 6.45) is 7.79. The summed E-state index contributed by atoms with van der Waals surface area (Å²) in [5.74, 6) is 1.95. The summed E-state index contributed by atoms with van der Waals surface area (Å²) in [5, 5.41) is 0. The summed E-state index contributed by atoms with van der Waals surface area (Å²) in [6, 6.07) is 0. The van der Waals surface area contributed by atoms with Crippen LogP contribution in [0, 0.1) is 29.1 Å². The summed E-state index contributed by atoms with van der Waals surface area (Å²) >= 11 is 0. The van der Waals surface area contributed by atoms with Crippen LogP contribution in [-0.2, 0) is 14.3 Å². The van der Waals surface area contributed by atoms with Gasteiger partial charge in [0.2, 0.25) is 0 Å². The van der Waals surface area contributed by atoms with Gasteiger partial charge in [-0.3, -0.25) is 9.59 Å². The van der Waals surface area contributed by atoms with Gasteiger partial charge in [-0.25, -0.2) is 0 Å². The molecule has 0 N–H and O–H groups in total. The molecule has 116 valence electrons. The number of ether oxygens (including phenoxy) is 1. The van der Waals surface area contributed by atoms with Crippen molar-refractivity contribution in [3.05, 3.63) is 11.6 Å². The van der Waals surface area contributed by atoms with Gasteiger partial charge in [0, 0.05) is 6.42 Å². The molecular formula is C18H26O3. The molecule has 0 bridgehead atoms. The fourth-order valence-corrected chi connectivity index (χ4v) is 5.32. The number of carbonyl (C=O) groups excluding carboxylic acids is 2. The van der Waals surface area contributed by atoms with Crippen LogP contribution in [0.1, 0.15) is 52.4 Å². The van der Waals surface area contributed by atoms with Crippen molar-refractivity contribution < 1.29 is 14.3 Å². The van der Waals surface area contributed by atoms with Crippen molar-refractivity contribution in [1.82, 2.24) is 0 Å². The van der Waals surface area contributed by atoms with Gasteiger partial charge in [-0.05, 0) is 61.3 Å². The fraction of sp³-hybridized carbons (Fsp3) is 0.778. The molecule has 3 aliphatic carbocycles. The number of ketones is 1. The van der Waals surface area contributed by atoms with E-state index in [9.17, 15) is 9.59 Å². The molecule has 1 unspecified atom stereocenters. The van der Waals surface area contributed by atoms with Gasteiger partial charge < -0.3 is 4.74 Å². The maximum atomic E-state index is 12.0. The van der Waals surface area contributed by atoms with E-state index < -0.39 is 0 Å². The molecule has 3 nitrogen and oxygen atoms in total. The average Bonchev–Trinajstić information content (AvgIpc) is 2.48. The van der Waals surface area contributed by atoms with E-state index in [0.717, 1.165) is 32.1 Å². The third-order valence-electron chi connectivity index (χ3n) is 6.64. The number of carbonyl (C=O) groups is 2. The highest BCUT2D eigenvalue weighted by Gasteiger charge is 2.52. The van der Waals surface area contributed by atoms with Crippen LogP contribution in [0.15, 0.2) is 11.6 Å². The third kappa shape index (κ3) is 2.25. The number of hydrogen-bond donors (Lipinski definition) is 0.